The molecule has 0 bridgehead atoms. The van der Waals surface area contributed by atoms with Gasteiger partial charge >= 0.3 is 12.1 Å². The summed E-state index contributed by atoms with van der Waals surface area (Å²) < 4.78 is 42.1. The summed E-state index contributed by atoms with van der Waals surface area (Å²) in [6.07, 6.45) is -3.99. The first-order valence-electron chi connectivity index (χ1n) is 9.97. The fourth-order valence-electron chi connectivity index (χ4n) is 3.26. The van der Waals surface area contributed by atoms with E-state index in [1.807, 2.05) is 0 Å². The number of hydrogen-bond donors (Lipinski definition) is 2. The zero-order valence-electron chi connectivity index (χ0n) is 18.1. The van der Waals surface area contributed by atoms with Gasteiger partial charge in [0.2, 0.25) is 5.91 Å². The van der Waals surface area contributed by atoms with Crippen LogP contribution in [-0.4, -0.2) is 41.9 Å². The van der Waals surface area contributed by atoms with Crippen molar-refractivity contribution in [3.8, 4) is 0 Å². The minimum absolute atomic E-state index is 0.0641. The number of benzene rings is 2. The minimum Gasteiger partial charge on any atom is -0.452 e. The number of fused-ring (bicyclic) bond motifs is 1. The highest BCUT2D eigenvalue weighted by molar-refractivity contribution is 6.14. The molecular formula is C23H20F3N3O5. The smallest absolute Gasteiger partial charge is 0.452 e. The number of halogens is 3. The number of rotatable bonds is 6. The quantitative estimate of drug-likeness (QED) is 0.488. The maximum atomic E-state index is 13.0. The summed E-state index contributed by atoms with van der Waals surface area (Å²) in [6, 6.07) is 12.4. The van der Waals surface area contributed by atoms with E-state index in [0.717, 1.165) is 6.20 Å². The number of allylic oxidation sites excluding steroid dienone is 1. The molecule has 2 aromatic carbocycles. The standard InChI is InChI=1S/C23H20F3N3O5/c1-22(2)21(33)28-16-9-5-6-10-17(16)29(22)19(31)13-34-20(32)14-7-3-4-8-15(14)27-12-11-18(30)23(24,25)26/h3-12,27H,13H2,1-2H3,(H,28,33). The summed E-state index contributed by atoms with van der Waals surface area (Å²) in [7, 11) is 0. The number of nitrogens with one attached hydrogen (secondary N) is 2. The molecule has 0 radical (unpaired) electrons. The van der Waals surface area contributed by atoms with Crippen molar-refractivity contribution in [1.29, 1.82) is 0 Å². The topological polar surface area (TPSA) is 105 Å². The third-order valence-electron chi connectivity index (χ3n) is 4.98. The molecule has 2 N–H and O–H groups in total. The van der Waals surface area contributed by atoms with Crippen LogP contribution in [0.1, 0.15) is 24.2 Å². The van der Waals surface area contributed by atoms with E-state index in [2.05, 4.69) is 10.6 Å². The van der Waals surface area contributed by atoms with Gasteiger partial charge in [0.15, 0.2) is 6.61 Å². The molecule has 0 atom stereocenters. The molecule has 178 valence electrons. The number of para-hydroxylation sites is 3. The molecule has 11 heteroatoms. The summed E-state index contributed by atoms with van der Waals surface area (Å²) in [5, 5.41) is 5.15. The molecule has 8 nitrogen and oxygen atoms in total. The lowest BCUT2D eigenvalue weighted by molar-refractivity contribution is -0.165. The largest absolute Gasteiger partial charge is 0.454 e. The van der Waals surface area contributed by atoms with Gasteiger partial charge in [-0.2, -0.15) is 13.2 Å². The van der Waals surface area contributed by atoms with Crippen molar-refractivity contribution in [2.45, 2.75) is 25.6 Å². The predicted octanol–water partition coefficient (Wildman–Crippen LogP) is 3.66. The number of carbonyl (C=O) groups excluding carboxylic acids is 4. The van der Waals surface area contributed by atoms with Crippen LogP contribution >= 0.6 is 0 Å². The number of anilines is 3. The number of nitrogens with zero attached hydrogens (tertiary/aromatic N) is 1. The van der Waals surface area contributed by atoms with Gasteiger partial charge in [-0.05, 0) is 38.1 Å². The number of carbonyl (C=O) groups is 4. The average molecular weight is 475 g/mol. The zero-order chi connectivity index (χ0) is 25.1. The normalized spacial score (nSPS) is 14.9. The summed E-state index contributed by atoms with van der Waals surface area (Å²) in [4.78, 5) is 50.3. The SMILES string of the molecule is CC1(C)C(=O)Nc2ccccc2N1C(=O)COC(=O)c1ccccc1NC=CC(=O)C(F)(F)F. The van der Waals surface area contributed by atoms with Gasteiger partial charge < -0.3 is 15.4 Å². The van der Waals surface area contributed by atoms with Gasteiger partial charge in [0.25, 0.3) is 11.7 Å². The van der Waals surface area contributed by atoms with E-state index in [-0.39, 0.29) is 17.3 Å². The predicted molar refractivity (Wildman–Crippen MR) is 117 cm³/mol. The molecule has 3 rings (SSSR count). The Morgan fingerprint density at radius 3 is 2.44 bits per heavy atom. The van der Waals surface area contributed by atoms with Gasteiger partial charge in [-0.15, -0.1) is 0 Å². The number of ether oxygens (including phenoxy) is 1. The first kappa shape index (κ1) is 24.5. The van der Waals surface area contributed by atoms with Crippen LogP contribution in [0.4, 0.5) is 30.2 Å². The molecule has 0 aromatic heterocycles. The van der Waals surface area contributed by atoms with Crippen LogP contribution in [-0.2, 0) is 19.1 Å². The number of alkyl halides is 3. The molecule has 2 aromatic rings. The highest BCUT2D eigenvalue weighted by atomic mass is 19.4. The van der Waals surface area contributed by atoms with Gasteiger partial charge in [0, 0.05) is 12.3 Å². The molecule has 34 heavy (non-hydrogen) atoms. The van der Waals surface area contributed by atoms with Crippen LogP contribution in [0.3, 0.4) is 0 Å². The second-order valence-corrected chi connectivity index (χ2v) is 7.72. The number of amides is 2. The fourth-order valence-corrected chi connectivity index (χ4v) is 3.26. The molecule has 0 saturated carbocycles. The van der Waals surface area contributed by atoms with E-state index in [4.69, 9.17) is 4.74 Å². The third-order valence-corrected chi connectivity index (χ3v) is 4.98. The zero-order valence-corrected chi connectivity index (χ0v) is 18.1. The summed E-state index contributed by atoms with van der Waals surface area (Å²) >= 11 is 0. The Hall–Kier alpha value is -4.15. The number of esters is 1. The molecule has 0 unspecified atom stereocenters. The Kier molecular flexibility index (Phi) is 6.75. The Morgan fingerprint density at radius 2 is 1.74 bits per heavy atom. The first-order chi connectivity index (χ1) is 15.9. The van der Waals surface area contributed by atoms with Gasteiger partial charge in [-0.1, -0.05) is 24.3 Å². The molecule has 0 saturated heterocycles. The van der Waals surface area contributed by atoms with E-state index in [1.54, 1.807) is 38.1 Å². The van der Waals surface area contributed by atoms with Crippen molar-refractivity contribution in [2.24, 2.45) is 0 Å². The van der Waals surface area contributed by atoms with Crippen molar-refractivity contribution in [3.05, 3.63) is 66.4 Å². The highest BCUT2D eigenvalue weighted by Crippen LogP contribution is 2.36. The fraction of sp³-hybridized carbons (Fsp3) is 0.217. The minimum atomic E-state index is -5.02. The van der Waals surface area contributed by atoms with Crippen LogP contribution in [0, 0.1) is 0 Å². The van der Waals surface area contributed by atoms with Crippen LogP contribution in [0.2, 0.25) is 0 Å². The van der Waals surface area contributed by atoms with E-state index >= 15 is 0 Å². The van der Waals surface area contributed by atoms with Crippen molar-refractivity contribution in [2.75, 3.05) is 22.1 Å². The molecule has 0 aliphatic carbocycles. The Labute approximate surface area is 192 Å². The molecule has 2 amide bonds. The van der Waals surface area contributed by atoms with Crippen LogP contribution in [0.25, 0.3) is 0 Å². The Morgan fingerprint density at radius 1 is 1.09 bits per heavy atom. The molecule has 0 fully saturated rings. The lowest BCUT2D eigenvalue weighted by atomic mass is 9.96. The molecule has 1 heterocycles. The van der Waals surface area contributed by atoms with Crippen LogP contribution in [0.15, 0.2) is 60.8 Å². The van der Waals surface area contributed by atoms with Crippen LogP contribution in [0.5, 0.6) is 0 Å². The summed E-state index contributed by atoms with van der Waals surface area (Å²) in [5.41, 5.74) is -0.395. The van der Waals surface area contributed by atoms with Gasteiger partial charge in [-0.3, -0.25) is 19.3 Å². The summed E-state index contributed by atoms with van der Waals surface area (Å²) in [5.74, 6) is -4.07. The summed E-state index contributed by atoms with van der Waals surface area (Å²) in [6.45, 7) is 2.40. The lowest BCUT2D eigenvalue weighted by Crippen LogP contribution is -2.59. The lowest BCUT2D eigenvalue weighted by Gasteiger charge is -2.41. The molecule has 1 aliphatic heterocycles. The van der Waals surface area contributed by atoms with Crippen molar-refractivity contribution in [3.63, 3.8) is 0 Å². The van der Waals surface area contributed by atoms with E-state index in [0.29, 0.717) is 11.4 Å². The van der Waals surface area contributed by atoms with Crippen molar-refractivity contribution >= 4 is 40.6 Å². The van der Waals surface area contributed by atoms with Crippen molar-refractivity contribution in [1.82, 2.24) is 0 Å². The van der Waals surface area contributed by atoms with Crippen LogP contribution < -0.4 is 15.5 Å². The van der Waals surface area contributed by atoms with E-state index in [1.165, 1.54) is 29.2 Å². The Bertz CT molecular complexity index is 1170. The monoisotopic (exact) mass is 475 g/mol. The van der Waals surface area contributed by atoms with Gasteiger partial charge in [0.1, 0.15) is 5.54 Å². The third kappa shape index (κ3) is 5.08. The average Bonchev–Trinajstić information content (AvgIpc) is 2.77. The molecular weight excluding hydrogens is 455 g/mol. The number of hydrogen-bond acceptors (Lipinski definition) is 6. The maximum Gasteiger partial charge on any atom is 0.454 e. The first-order valence-corrected chi connectivity index (χ1v) is 9.97. The second kappa shape index (κ2) is 9.38. The van der Waals surface area contributed by atoms with E-state index < -0.39 is 41.9 Å². The maximum absolute atomic E-state index is 13.0. The van der Waals surface area contributed by atoms with E-state index in [9.17, 15) is 32.3 Å². The van der Waals surface area contributed by atoms with Gasteiger partial charge in [-0.25, -0.2) is 4.79 Å². The highest BCUT2D eigenvalue weighted by Gasteiger charge is 2.43. The molecule has 1 aliphatic rings. The number of ketones is 1. The molecule has 0 spiro atoms. The Balaban J connectivity index is 1.73. The van der Waals surface area contributed by atoms with Gasteiger partial charge in [0.05, 0.1) is 22.6 Å². The van der Waals surface area contributed by atoms with Crippen molar-refractivity contribution < 1.29 is 37.1 Å². The second-order valence-electron chi connectivity index (χ2n) is 7.72.